The first-order valence-corrected chi connectivity index (χ1v) is 18.5. The molecule has 5 aromatic carbocycles. The Balaban J connectivity index is 1.21. The number of ether oxygens (including phenoxy) is 2. The van der Waals surface area contributed by atoms with Gasteiger partial charge < -0.3 is 18.9 Å². The molecule has 0 radical (unpaired) electrons. The van der Waals surface area contributed by atoms with Gasteiger partial charge in [0.15, 0.2) is 0 Å². The van der Waals surface area contributed by atoms with Crippen molar-refractivity contribution < 1.29 is 22.4 Å². The number of hydrogen-bond donors (Lipinski definition) is 1. The van der Waals surface area contributed by atoms with Gasteiger partial charge in [-0.2, -0.15) is 8.42 Å². The van der Waals surface area contributed by atoms with Crippen molar-refractivity contribution in [2.24, 2.45) is 5.92 Å². The summed E-state index contributed by atoms with van der Waals surface area (Å²) >= 11 is 0. The topological polar surface area (TPSA) is 81.0 Å². The van der Waals surface area contributed by atoms with E-state index in [0.29, 0.717) is 13.0 Å². The van der Waals surface area contributed by atoms with E-state index in [0.717, 1.165) is 93.6 Å². The van der Waals surface area contributed by atoms with E-state index >= 15 is 0 Å². The van der Waals surface area contributed by atoms with E-state index in [4.69, 9.17) is 9.47 Å². The van der Waals surface area contributed by atoms with Crippen molar-refractivity contribution in [1.82, 2.24) is 4.57 Å². The minimum Gasteiger partial charge on any atom is -0.497 e. The maximum absolute atomic E-state index is 12.5. The number of methoxy groups -OCH3 is 2. The van der Waals surface area contributed by atoms with E-state index in [1.807, 2.05) is 60.7 Å². The molecule has 8 heteroatoms. The van der Waals surface area contributed by atoms with Crippen molar-refractivity contribution in [2.45, 2.75) is 50.3 Å². The summed E-state index contributed by atoms with van der Waals surface area (Å²) in [5, 5.41) is 1.51. The van der Waals surface area contributed by atoms with Crippen molar-refractivity contribution in [3.8, 4) is 22.6 Å². The highest BCUT2D eigenvalue weighted by molar-refractivity contribution is 7.86. The third kappa shape index (κ3) is 6.76. The van der Waals surface area contributed by atoms with Crippen LogP contribution < -0.4 is 14.4 Å². The number of aromatic nitrogens is 1. The fourth-order valence-electron chi connectivity index (χ4n) is 7.58. The first-order chi connectivity index (χ1) is 23.8. The van der Waals surface area contributed by atoms with E-state index in [9.17, 15) is 13.0 Å². The van der Waals surface area contributed by atoms with Crippen LogP contribution in [0, 0.1) is 5.92 Å². The van der Waals surface area contributed by atoms with Crippen molar-refractivity contribution in [3.63, 3.8) is 0 Å². The number of para-hydroxylation sites is 1. The molecule has 1 heterocycles. The van der Waals surface area contributed by atoms with E-state index in [-0.39, 0.29) is 5.92 Å². The predicted octanol–water partition coefficient (Wildman–Crippen LogP) is 10.2. The quantitative estimate of drug-likeness (QED) is 0.138. The molecule has 1 atom stereocenters. The normalized spacial score (nSPS) is 14.6. The fraction of sp³-hybridized carbons (Fsp3) is 0.268. The van der Waals surface area contributed by atoms with Gasteiger partial charge >= 0.3 is 0 Å². The van der Waals surface area contributed by atoms with Gasteiger partial charge in [0, 0.05) is 45.4 Å². The highest BCUT2D eigenvalue weighted by atomic mass is 32.2. The molecule has 1 saturated carbocycles. The maximum atomic E-state index is 12.5. The van der Waals surface area contributed by atoms with Crippen molar-refractivity contribution >= 4 is 49.0 Å². The zero-order valence-corrected chi connectivity index (χ0v) is 28.8. The van der Waals surface area contributed by atoms with Crippen LogP contribution in [0.1, 0.15) is 38.5 Å². The standard InChI is InChI=1S/C41H42N2O5S/c1-47-35-21-17-33(18-22-35)43(34-19-23-36(48-2)24-20-34)32-15-12-29(13-16-32)31-14-25-40-38(28-31)37-10-6-7-11-39(37)42(40)27-26-41(49(44,45)46)30-8-4-3-5-9-30/h6-7,10-25,28,30,41H,3-5,8-9,26-27H2,1-2H3,(H,44,45,46). The van der Waals surface area contributed by atoms with Gasteiger partial charge in [0.1, 0.15) is 11.5 Å². The Morgan fingerprint density at radius 3 is 1.80 bits per heavy atom. The molecule has 252 valence electrons. The molecule has 49 heavy (non-hydrogen) atoms. The number of nitrogens with zero attached hydrogens (tertiary/aromatic N) is 2. The largest absolute Gasteiger partial charge is 0.497 e. The van der Waals surface area contributed by atoms with E-state index in [2.05, 4.69) is 64.1 Å². The number of fused-ring (bicyclic) bond motifs is 3. The van der Waals surface area contributed by atoms with Crippen LogP contribution in [0.2, 0.25) is 0 Å². The molecular weight excluding hydrogens is 633 g/mol. The van der Waals surface area contributed by atoms with Gasteiger partial charge in [0.25, 0.3) is 10.1 Å². The van der Waals surface area contributed by atoms with Gasteiger partial charge in [-0.1, -0.05) is 55.7 Å². The third-order valence-corrected chi connectivity index (χ3v) is 11.5. The lowest BCUT2D eigenvalue weighted by Gasteiger charge is -2.28. The van der Waals surface area contributed by atoms with E-state index in [1.165, 1.54) is 0 Å². The minimum atomic E-state index is -4.15. The molecule has 0 saturated heterocycles. The number of benzene rings is 5. The molecule has 7 nitrogen and oxygen atoms in total. The third-order valence-electron chi connectivity index (χ3n) is 10.1. The lowest BCUT2D eigenvalue weighted by Crippen LogP contribution is -2.32. The van der Waals surface area contributed by atoms with Crippen LogP contribution in [0.15, 0.2) is 115 Å². The van der Waals surface area contributed by atoms with Crippen molar-refractivity contribution in [2.75, 3.05) is 19.1 Å². The summed E-state index contributed by atoms with van der Waals surface area (Å²) in [5.74, 6) is 1.61. The average molecular weight is 675 g/mol. The van der Waals surface area contributed by atoms with Crippen LogP contribution in [0.25, 0.3) is 32.9 Å². The molecule has 1 unspecified atom stereocenters. The lowest BCUT2D eigenvalue weighted by molar-refractivity contribution is 0.314. The Morgan fingerprint density at radius 1 is 0.694 bits per heavy atom. The Labute approximate surface area is 288 Å². The Morgan fingerprint density at radius 2 is 1.22 bits per heavy atom. The first kappa shape index (κ1) is 32.7. The van der Waals surface area contributed by atoms with Crippen LogP contribution in [-0.4, -0.2) is 37.0 Å². The molecule has 0 bridgehead atoms. The van der Waals surface area contributed by atoms with Crippen LogP contribution in [0.4, 0.5) is 17.1 Å². The molecule has 6 aromatic rings. The second kappa shape index (κ2) is 14.0. The Bertz CT molecular complexity index is 2100. The second-order valence-electron chi connectivity index (χ2n) is 12.9. The predicted molar refractivity (Wildman–Crippen MR) is 199 cm³/mol. The summed E-state index contributed by atoms with van der Waals surface area (Å²) in [6.07, 6.45) is 5.29. The molecule has 1 aromatic heterocycles. The maximum Gasteiger partial charge on any atom is 0.268 e. The number of hydrogen-bond acceptors (Lipinski definition) is 5. The van der Waals surface area contributed by atoms with Gasteiger partial charge in [-0.05, 0) is 115 Å². The average Bonchev–Trinajstić information content (AvgIpc) is 3.45. The van der Waals surface area contributed by atoms with Crippen molar-refractivity contribution in [1.29, 1.82) is 0 Å². The Hall–Kier alpha value is -4.79. The lowest BCUT2D eigenvalue weighted by atomic mass is 9.85. The molecule has 0 spiro atoms. The zero-order valence-electron chi connectivity index (χ0n) is 28.0. The SMILES string of the molecule is COc1ccc(N(c2ccc(OC)cc2)c2ccc(-c3ccc4c(c3)c3ccccc3n4CCC(C3CCCCC3)S(=O)(=O)O)cc2)cc1. The molecule has 1 N–H and O–H groups in total. The second-order valence-corrected chi connectivity index (χ2v) is 14.6. The van der Waals surface area contributed by atoms with Crippen LogP contribution in [-0.2, 0) is 16.7 Å². The summed E-state index contributed by atoms with van der Waals surface area (Å²) in [6, 6.07) is 39.4. The van der Waals surface area contributed by atoms with Crippen LogP contribution in [0.3, 0.4) is 0 Å². The van der Waals surface area contributed by atoms with Gasteiger partial charge in [-0.3, -0.25) is 4.55 Å². The molecule has 0 amide bonds. The van der Waals surface area contributed by atoms with Gasteiger partial charge in [-0.15, -0.1) is 0 Å². The van der Waals surface area contributed by atoms with Crippen LogP contribution >= 0.6 is 0 Å². The molecule has 1 aliphatic carbocycles. The summed E-state index contributed by atoms with van der Waals surface area (Å²) in [5.41, 5.74) is 7.35. The molecule has 0 aliphatic heterocycles. The van der Waals surface area contributed by atoms with Crippen LogP contribution in [0.5, 0.6) is 11.5 Å². The molecule has 1 fully saturated rings. The number of anilines is 3. The molecule has 7 rings (SSSR count). The summed E-state index contributed by atoms with van der Waals surface area (Å²) in [7, 11) is -0.811. The Kier molecular flexibility index (Phi) is 9.34. The minimum absolute atomic E-state index is 0.0109. The number of aryl methyl sites for hydroxylation is 1. The highest BCUT2D eigenvalue weighted by Crippen LogP contribution is 2.39. The monoisotopic (exact) mass is 674 g/mol. The zero-order chi connectivity index (χ0) is 34.0. The van der Waals surface area contributed by atoms with Gasteiger partial charge in [0.2, 0.25) is 0 Å². The van der Waals surface area contributed by atoms with Crippen molar-refractivity contribution in [3.05, 3.63) is 115 Å². The van der Waals surface area contributed by atoms with Gasteiger partial charge in [-0.25, -0.2) is 0 Å². The highest BCUT2D eigenvalue weighted by Gasteiger charge is 2.33. The smallest absolute Gasteiger partial charge is 0.268 e. The molecular formula is C41H42N2O5S. The summed E-state index contributed by atoms with van der Waals surface area (Å²) in [6.45, 7) is 0.519. The summed E-state index contributed by atoms with van der Waals surface area (Å²) < 4.78 is 48.3. The van der Waals surface area contributed by atoms with Gasteiger partial charge in [0.05, 0.1) is 19.5 Å². The first-order valence-electron chi connectivity index (χ1n) is 17.0. The summed E-state index contributed by atoms with van der Waals surface area (Å²) in [4.78, 5) is 2.20. The van der Waals surface area contributed by atoms with E-state index < -0.39 is 15.4 Å². The van der Waals surface area contributed by atoms with E-state index in [1.54, 1.807) is 14.2 Å². The molecule has 1 aliphatic rings. The fourth-order valence-corrected chi connectivity index (χ4v) is 8.74. The number of rotatable bonds is 11.